The van der Waals surface area contributed by atoms with Crippen LogP contribution in [0.5, 0.6) is 0 Å². The van der Waals surface area contributed by atoms with Crippen molar-refractivity contribution >= 4 is 11.2 Å². The highest BCUT2D eigenvalue weighted by molar-refractivity contribution is 5.70. The molecular formula is C13H19N5O2. The topological polar surface area (TPSA) is 84.7 Å². The molecule has 1 aliphatic heterocycles. The molecular weight excluding hydrogens is 258 g/mol. The molecule has 0 bridgehead atoms. The van der Waals surface area contributed by atoms with Gasteiger partial charge >= 0.3 is 5.69 Å². The fourth-order valence-corrected chi connectivity index (χ4v) is 2.83. The molecule has 0 aliphatic carbocycles. The molecule has 7 heteroatoms. The molecule has 0 amide bonds. The Bertz CT molecular complexity index is 748. The molecule has 3 rings (SSSR count). The lowest BCUT2D eigenvalue weighted by molar-refractivity contribution is 0.447. The van der Waals surface area contributed by atoms with Gasteiger partial charge in [-0.3, -0.25) is 13.9 Å². The molecule has 1 fully saturated rings. The summed E-state index contributed by atoms with van der Waals surface area (Å²) in [5.74, 6) is 1.15. The van der Waals surface area contributed by atoms with Crippen molar-refractivity contribution in [2.24, 2.45) is 7.05 Å². The number of imidazole rings is 1. The standard InChI is InChI=1S/C13H19N5O2/c1-3-18-11-9(12(19)17(2)13(18)20)15-10(16-11)8-4-6-14-7-5-8/h8,14H,3-7H2,1-2H3,(H,15,16). The van der Waals surface area contributed by atoms with Crippen LogP contribution in [0.15, 0.2) is 9.59 Å². The van der Waals surface area contributed by atoms with Crippen LogP contribution in [-0.4, -0.2) is 32.2 Å². The van der Waals surface area contributed by atoms with E-state index in [9.17, 15) is 9.59 Å². The number of nitrogens with zero attached hydrogens (tertiary/aromatic N) is 3. The van der Waals surface area contributed by atoms with Gasteiger partial charge in [0.05, 0.1) is 0 Å². The summed E-state index contributed by atoms with van der Waals surface area (Å²) < 4.78 is 2.67. The minimum absolute atomic E-state index is 0.303. The van der Waals surface area contributed by atoms with Crippen LogP contribution in [0.3, 0.4) is 0 Å². The zero-order valence-corrected chi connectivity index (χ0v) is 11.8. The van der Waals surface area contributed by atoms with E-state index in [1.807, 2.05) is 6.92 Å². The zero-order chi connectivity index (χ0) is 14.3. The molecule has 0 aromatic carbocycles. The first-order valence-corrected chi connectivity index (χ1v) is 7.03. The summed E-state index contributed by atoms with van der Waals surface area (Å²) in [6.45, 7) is 4.30. The highest BCUT2D eigenvalue weighted by atomic mass is 16.2. The summed E-state index contributed by atoms with van der Waals surface area (Å²) in [5.41, 5.74) is 0.298. The van der Waals surface area contributed by atoms with Gasteiger partial charge in [0, 0.05) is 19.5 Å². The van der Waals surface area contributed by atoms with Gasteiger partial charge in [0.2, 0.25) is 0 Å². The van der Waals surface area contributed by atoms with Gasteiger partial charge in [-0.2, -0.15) is 0 Å². The number of rotatable bonds is 2. The minimum atomic E-state index is -0.312. The molecule has 0 unspecified atom stereocenters. The second-order valence-electron chi connectivity index (χ2n) is 5.24. The van der Waals surface area contributed by atoms with Crippen molar-refractivity contribution < 1.29 is 0 Å². The Balaban J connectivity index is 2.22. The van der Waals surface area contributed by atoms with E-state index in [4.69, 9.17) is 0 Å². The fourth-order valence-electron chi connectivity index (χ4n) is 2.83. The third-order valence-corrected chi connectivity index (χ3v) is 4.04. The lowest BCUT2D eigenvalue weighted by Crippen LogP contribution is -2.37. The first-order chi connectivity index (χ1) is 9.63. The molecule has 108 valence electrons. The number of hydrogen-bond acceptors (Lipinski definition) is 4. The molecule has 0 saturated carbocycles. The Morgan fingerprint density at radius 2 is 2.00 bits per heavy atom. The Hall–Kier alpha value is -1.89. The van der Waals surface area contributed by atoms with Gasteiger partial charge in [0.25, 0.3) is 5.56 Å². The van der Waals surface area contributed by atoms with E-state index in [0.29, 0.717) is 23.6 Å². The first kappa shape index (κ1) is 13.1. The van der Waals surface area contributed by atoms with Crippen molar-refractivity contribution in [1.29, 1.82) is 0 Å². The third-order valence-electron chi connectivity index (χ3n) is 4.04. The zero-order valence-electron chi connectivity index (χ0n) is 11.8. The number of nitrogens with one attached hydrogen (secondary N) is 2. The lowest BCUT2D eigenvalue weighted by atomic mass is 9.98. The number of aromatic nitrogens is 4. The van der Waals surface area contributed by atoms with E-state index in [-0.39, 0.29) is 11.2 Å². The quantitative estimate of drug-likeness (QED) is 0.803. The smallest absolute Gasteiger partial charge is 0.332 e. The molecule has 1 aliphatic rings. The maximum Gasteiger partial charge on any atom is 0.332 e. The van der Waals surface area contributed by atoms with Gasteiger partial charge < -0.3 is 10.3 Å². The molecule has 7 nitrogen and oxygen atoms in total. The van der Waals surface area contributed by atoms with Crippen LogP contribution in [0.2, 0.25) is 0 Å². The molecule has 0 radical (unpaired) electrons. The maximum absolute atomic E-state index is 12.2. The molecule has 3 heterocycles. The van der Waals surface area contributed by atoms with Gasteiger partial charge in [-0.1, -0.05) is 0 Å². The Morgan fingerprint density at radius 3 is 2.65 bits per heavy atom. The number of aromatic amines is 1. The van der Waals surface area contributed by atoms with Crippen LogP contribution in [0.1, 0.15) is 31.5 Å². The predicted octanol–water partition coefficient (Wildman–Crippen LogP) is -0.0898. The molecule has 0 spiro atoms. The van der Waals surface area contributed by atoms with Crippen molar-refractivity contribution in [2.45, 2.75) is 32.2 Å². The van der Waals surface area contributed by atoms with Gasteiger partial charge in [-0.25, -0.2) is 9.78 Å². The van der Waals surface area contributed by atoms with Gasteiger partial charge in [-0.05, 0) is 32.9 Å². The average Bonchev–Trinajstić information content (AvgIpc) is 2.91. The number of fused-ring (bicyclic) bond motifs is 1. The molecule has 1 saturated heterocycles. The van der Waals surface area contributed by atoms with Crippen molar-refractivity contribution in [2.75, 3.05) is 13.1 Å². The van der Waals surface area contributed by atoms with E-state index < -0.39 is 0 Å². The van der Waals surface area contributed by atoms with Crippen LogP contribution in [0, 0.1) is 0 Å². The molecule has 2 aromatic heterocycles. The highest BCUT2D eigenvalue weighted by Gasteiger charge is 2.21. The number of H-pyrrole nitrogens is 1. The van der Waals surface area contributed by atoms with Crippen LogP contribution in [-0.2, 0) is 13.6 Å². The van der Waals surface area contributed by atoms with Gasteiger partial charge in [0.15, 0.2) is 5.65 Å². The molecule has 2 N–H and O–H groups in total. The average molecular weight is 277 g/mol. The van der Waals surface area contributed by atoms with Crippen LogP contribution >= 0.6 is 0 Å². The summed E-state index contributed by atoms with van der Waals surface area (Å²) in [6, 6.07) is 0. The third kappa shape index (κ3) is 1.89. The second-order valence-corrected chi connectivity index (χ2v) is 5.24. The lowest BCUT2D eigenvalue weighted by Gasteiger charge is -2.20. The van der Waals surface area contributed by atoms with E-state index >= 15 is 0 Å². The van der Waals surface area contributed by atoms with Crippen molar-refractivity contribution in [3.8, 4) is 0 Å². The Labute approximate surface area is 115 Å². The Kier molecular flexibility index (Phi) is 3.21. The van der Waals surface area contributed by atoms with E-state index in [1.165, 1.54) is 11.6 Å². The fraction of sp³-hybridized carbons (Fsp3) is 0.615. The number of hydrogen-bond donors (Lipinski definition) is 2. The van der Waals surface area contributed by atoms with Crippen molar-refractivity contribution in [3.05, 3.63) is 26.7 Å². The first-order valence-electron chi connectivity index (χ1n) is 7.03. The molecule has 2 aromatic rings. The second kappa shape index (κ2) is 4.90. The summed E-state index contributed by atoms with van der Waals surface area (Å²) >= 11 is 0. The normalized spacial score (nSPS) is 16.9. The molecule has 0 atom stereocenters. The highest BCUT2D eigenvalue weighted by Crippen LogP contribution is 2.23. The van der Waals surface area contributed by atoms with E-state index in [0.717, 1.165) is 36.3 Å². The summed E-state index contributed by atoms with van der Waals surface area (Å²) in [6.07, 6.45) is 1.99. The van der Waals surface area contributed by atoms with Crippen LogP contribution in [0.4, 0.5) is 0 Å². The van der Waals surface area contributed by atoms with Crippen molar-refractivity contribution in [1.82, 2.24) is 24.4 Å². The molecule has 20 heavy (non-hydrogen) atoms. The Morgan fingerprint density at radius 1 is 1.30 bits per heavy atom. The van der Waals surface area contributed by atoms with Crippen LogP contribution in [0.25, 0.3) is 11.2 Å². The summed E-state index contributed by atoms with van der Waals surface area (Å²) in [4.78, 5) is 31.9. The maximum atomic E-state index is 12.2. The van der Waals surface area contributed by atoms with Crippen LogP contribution < -0.4 is 16.6 Å². The number of aryl methyl sites for hydroxylation is 1. The summed E-state index contributed by atoms with van der Waals surface area (Å²) in [5, 5.41) is 3.31. The van der Waals surface area contributed by atoms with Gasteiger partial charge in [-0.15, -0.1) is 0 Å². The largest absolute Gasteiger partial charge is 0.336 e. The number of piperidine rings is 1. The monoisotopic (exact) mass is 277 g/mol. The van der Waals surface area contributed by atoms with Crippen molar-refractivity contribution in [3.63, 3.8) is 0 Å². The predicted molar refractivity (Wildman–Crippen MR) is 76.1 cm³/mol. The minimum Gasteiger partial charge on any atom is -0.336 e. The van der Waals surface area contributed by atoms with E-state index in [1.54, 1.807) is 0 Å². The summed E-state index contributed by atoms with van der Waals surface area (Å²) in [7, 11) is 1.50. The van der Waals surface area contributed by atoms with E-state index in [2.05, 4.69) is 15.3 Å². The van der Waals surface area contributed by atoms with Gasteiger partial charge in [0.1, 0.15) is 11.3 Å². The SMILES string of the molecule is CCn1c(=O)n(C)c(=O)c2[nH]c(C3CCNCC3)nc21.